The lowest BCUT2D eigenvalue weighted by Crippen LogP contribution is -2.59. The van der Waals surface area contributed by atoms with E-state index in [-0.39, 0.29) is 11.3 Å². The van der Waals surface area contributed by atoms with Crippen molar-refractivity contribution in [2.24, 2.45) is 52.3 Å². The van der Waals surface area contributed by atoms with Gasteiger partial charge in [0, 0.05) is 0 Å². The molecule has 33 heavy (non-hydrogen) atoms. The van der Waals surface area contributed by atoms with E-state index >= 15 is 0 Å². The van der Waals surface area contributed by atoms with Crippen molar-refractivity contribution in [3.8, 4) is 0 Å². The lowest BCUT2D eigenvalue weighted by Gasteiger charge is -2.62. The number of fused-ring (bicyclic) bond motifs is 5. The Morgan fingerprint density at radius 2 is 1.61 bits per heavy atom. The SMILES string of the molecule is CC(C)CCCC(C)C1CCC2C3CC(OS(=O)(=O)[O-])C4CC(O)CCC4(C)C3CCC12C. The van der Waals surface area contributed by atoms with Crippen LogP contribution in [0.3, 0.4) is 0 Å². The van der Waals surface area contributed by atoms with Gasteiger partial charge in [-0.2, -0.15) is 0 Å². The molecule has 0 aromatic heterocycles. The number of hydrogen-bond donors (Lipinski definition) is 1. The van der Waals surface area contributed by atoms with Crippen molar-refractivity contribution in [3.05, 3.63) is 0 Å². The van der Waals surface area contributed by atoms with Gasteiger partial charge in [-0.3, -0.25) is 4.18 Å². The number of hydrogen-bond acceptors (Lipinski definition) is 5. The Kier molecular flexibility index (Phi) is 7.35. The van der Waals surface area contributed by atoms with Crippen LogP contribution in [-0.2, 0) is 14.6 Å². The Morgan fingerprint density at radius 1 is 0.939 bits per heavy atom. The Labute approximate surface area is 202 Å². The van der Waals surface area contributed by atoms with E-state index in [9.17, 15) is 18.1 Å². The molecule has 6 heteroatoms. The summed E-state index contributed by atoms with van der Waals surface area (Å²) in [6.07, 6.45) is 10.7. The number of rotatable bonds is 7. The second-order valence-electron chi connectivity index (χ2n) is 13.2. The van der Waals surface area contributed by atoms with Gasteiger partial charge in [-0.1, -0.05) is 53.9 Å². The fourth-order valence-electron chi connectivity index (χ4n) is 9.53. The normalized spacial score (nSPS) is 46.5. The van der Waals surface area contributed by atoms with Crippen LogP contribution in [0.5, 0.6) is 0 Å². The molecule has 0 saturated heterocycles. The molecule has 10 unspecified atom stereocenters. The number of aliphatic hydroxyl groups excluding tert-OH is 1. The van der Waals surface area contributed by atoms with Crippen molar-refractivity contribution >= 4 is 10.4 Å². The van der Waals surface area contributed by atoms with Gasteiger partial charge in [-0.15, -0.1) is 0 Å². The van der Waals surface area contributed by atoms with E-state index in [0.717, 1.165) is 30.6 Å². The maximum Gasteiger partial charge on any atom is 0.217 e. The van der Waals surface area contributed by atoms with Gasteiger partial charge >= 0.3 is 0 Å². The molecule has 0 heterocycles. The third-order valence-electron chi connectivity index (χ3n) is 11.1. The van der Waals surface area contributed by atoms with Gasteiger partial charge in [0.15, 0.2) is 0 Å². The molecule has 0 spiro atoms. The molecule has 4 saturated carbocycles. The predicted octanol–water partition coefficient (Wildman–Crippen LogP) is 5.92. The summed E-state index contributed by atoms with van der Waals surface area (Å²) < 4.78 is 40.2. The van der Waals surface area contributed by atoms with Crippen LogP contribution in [-0.4, -0.2) is 30.3 Å². The van der Waals surface area contributed by atoms with Crippen LogP contribution in [0.25, 0.3) is 0 Å². The molecule has 192 valence electrons. The first-order chi connectivity index (χ1) is 15.3. The summed E-state index contributed by atoms with van der Waals surface area (Å²) in [4.78, 5) is 0. The zero-order chi connectivity index (χ0) is 24.2. The zero-order valence-corrected chi connectivity index (χ0v) is 22.3. The first-order valence-electron chi connectivity index (χ1n) is 13.7. The molecule has 5 nitrogen and oxygen atoms in total. The molecular weight excluding hydrogens is 436 g/mol. The smallest absolute Gasteiger partial charge is 0.217 e. The molecule has 0 radical (unpaired) electrons. The van der Waals surface area contributed by atoms with Crippen LogP contribution in [0.4, 0.5) is 0 Å². The highest BCUT2D eigenvalue weighted by Gasteiger charge is 2.63. The summed E-state index contributed by atoms with van der Waals surface area (Å²) >= 11 is 0. The zero-order valence-electron chi connectivity index (χ0n) is 21.5. The minimum absolute atomic E-state index is 0.0530. The Morgan fingerprint density at radius 3 is 2.27 bits per heavy atom. The van der Waals surface area contributed by atoms with Crippen LogP contribution in [0.2, 0.25) is 0 Å². The van der Waals surface area contributed by atoms with Crippen LogP contribution in [0, 0.1) is 52.3 Å². The van der Waals surface area contributed by atoms with E-state index in [1.807, 2.05) is 0 Å². The molecule has 0 bridgehead atoms. The molecule has 4 aliphatic rings. The molecule has 0 aliphatic heterocycles. The third kappa shape index (κ3) is 4.93. The molecule has 1 N–H and O–H groups in total. The molecule has 4 fully saturated rings. The maximum absolute atomic E-state index is 11.7. The second kappa shape index (κ2) is 9.37. The molecule has 4 aliphatic carbocycles. The van der Waals surface area contributed by atoms with E-state index in [2.05, 4.69) is 34.6 Å². The summed E-state index contributed by atoms with van der Waals surface area (Å²) in [5.41, 5.74) is 0.247. The van der Waals surface area contributed by atoms with E-state index in [4.69, 9.17) is 4.18 Å². The van der Waals surface area contributed by atoms with Gasteiger partial charge < -0.3 is 9.66 Å². The van der Waals surface area contributed by atoms with Gasteiger partial charge in [0.25, 0.3) is 0 Å². The summed E-state index contributed by atoms with van der Waals surface area (Å²) in [6.45, 7) is 11.9. The fourth-order valence-corrected chi connectivity index (χ4v) is 10.0. The topological polar surface area (TPSA) is 86.7 Å². The standard InChI is InChI=1S/C27H48O5S/c1-17(2)7-6-8-18(3)21-9-10-22-20-16-25(32-33(29,30)31)24-15-19(28)11-13-27(24,5)23(20)12-14-26(21,22)4/h17-25,28H,6-16H2,1-5H3,(H,29,30,31)/p-1. The minimum atomic E-state index is -4.77. The summed E-state index contributed by atoms with van der Waals surface area (Å²) in [6, 6.07) is 0. The lowest BCUT2D eigenvalue weighted by atomic mass is 9.43. The van der Waals surface area contributed by atoms with Crippen molar-refractivity contribution < 1.29 is 22.3 Å². The van der Waals surface area contributed by atoms with Crippen LogP contribution in [0.1, 0.15) is 105 Å². The van der Waals surface area contributed by atoms with E-state index < -0.39 is 22.6 Å². The average Bonchev–Trinajstić information content (AvgIpc) is 3.05. The van der Waals surface area contributed by atoms with E-state index in [1.54, 1.807) is 0 Å². The molecule has 4 rings (SSSR count). The van der Waals surface area contributed by atoms with Crippen molar-refractivity contribution in [1.82, 2.24) is 0 Å². The second-order valence-corrected chi connectivity index (χ2v) is 14.2. The highest BCUT2D eigenvalue weighted by atomic mass is 32.3. The lowest BCUT2D eigenvalue weighted by molar-refractivity contribution is -0.166. The van der Waals surface area contributed by atoms with Gasteiger partial charge in [-0.25, -0.2) is 8.42 Å². The largest absolute Gasteiger partial charge is 0.726 e. The van der Waals surface area contributed by atoms with Crippen molar-refractivity contribution in [3.63, 3.8) is 0 Å². The Hall–Kier alpha value is -0.170. The van der Waals surface area contributed by atoms with Crippen LogP contribution in [0.15, 0.2) is 0 Å². The monoisotopic (exact) mass is 483 g/mol. The highest BCUT2D eigenvalue weighted by molar-refractivity contribution is 7.80. The molecule has 0 aromatic carbocycles. The van der Waals surface area contributed by atoms with Crippen molar-refractivity contribution in [1.29, 1.82) is 0 Å². The minimum Gasteiger partial charge on any atom is -0.726 e. The summed E-state index contributed by atoms with van der Waals surface area (Å²) in [5.74, 6) is 3.70. The van der Waals surface area contributed by atoms with Gasteiger partial charge in [0.1, 0.15) is 0 Å². The third-order valence-corrected chi connectivity index (χ3v) is 11.6. The van der Waals surface area contributed by atoms with Crippen molar-refractivity contribution in [2.75, 3.05) is 0 Å². The van der Waals surface area contributed by atoms with Gasteiger partial charge in [-0.05, 0) is 104 Å². The molecule has 0 amide bonds. The van der Waals surface area contributed by atoms with E-state index in [0.29, 0.717) is 36.0 Å². The molecular formula is C27H47O5S-. The summed E-state index contributed by atoms with van der Waals surface area (Å²) in [5, 5.41) is 10.4. The highest BCUT2D eigenvalue weighted by Crippen LogP contribution is 2.68. The van der Waals surface area contributed by atoms with Crippen LogP contribution < -0.4 is 0 Å². The number of aliphatic hydroxyl groups is 1. The van der Waals surface area contributed by atoms with Gasteiger partial charge in [0.05, 0.1) is 12.2 Å². The fraction of sp³-hybridized carbons (Fsp3) is 1.00. The summed E-state index contributed by atoms with van der Waals surface area (Å²) in [7, 11) is -4.77. The van der Waals surface area contributed by atoms with E-state index in [1.165, 1.54) is 44.9 Å². The maximum atomic E-state index is 11.7. The molecule has 10 atom stereocenters. The van der Waals surface area contributed by atoms with Crippen LogP contribution >= 0.6 is 0 Å². The Balaban J connectivity index is 1.57. The van der Waals surface area contributed by atoms with Gasteiger partial charge in [0.2, 0.25) is 10.4 Å². The first-order valence-corrected chi connectivity index (χ1v) is 15.0. The van der Waals surface area contributed by atoms with Crippen molar-refractivity contribution in [2.45, 2.75) is 117 Å². The quantitative estimate of drug-likeness (QED) is 0.358. The average molecular weight is 484 g/mol. The molecule has 0 aromatic rings. The first kappa shape index (κ1) is 25.9. The Bertz CT molecular complexity index is 796. The predicted molar refractivity (Wildman–Crippen MR) is 129 cm³/mol.